The second-order valence-electron chi connectivity index (χ2n) is 4.42. The summed E-state index contributed by atoms with van der Waals surface area (Å²) in [5.74, 6) is 0.523. The standard InChI is InChI=1S/C12H24N2O3/c1-16-7-3-6-14-12(15)10-17-9-11-4-2-5-13-8-11/h11,13H,2-10H2,1H3,(H,14,15). The molecule has 0 saturated carbocycles. The molecule has 1 amide bonds. The normalized spacial score (nSPS) is 20.2. The number of piperidine rings is 1. The molecule has 1 heterocycles. The lowest BCUT2D eigenvalue weighted by Crippen LogP contribution is -2.34. The van der Waals surface area contributed by atoms with E-state index in [1.54, 1.807) is 7.11 Å². The number of carbonyl (C=O) groups is 1. The summed E-state index contributed by atoms with van der Waals surface area (Å²) in [6.07, 6.45) is 3.24. The van der Waals surface area contributed by atoms with Crippen LogP contribution in [-0.2, 0) is 14.3 Å². The van der Waals surface area contributed by atoms with E-state index in [1.807, 2.05) is 0 Å². The van der Waals surface area contributed by atoms with Crippen molar-refractivity contribution in [2.75, 3.05) is 46.6 Å². The first-order valence-electron chi connectivity index (χ1n) is 6.37. The van der Waals surface area contributed by atoms with E-state index in [2.05, 4.69) is 10.6 Å². The van der Waals surface area contributed by atoms with Crippen LogP contribution in [0.25, 0.3) is 0 Å². The van der Waals surface area contributed by atoms with Gasteiger partial charge in [-0.2, -0.15) is 0 Å². The summed E-state index contributed by atoms with van der Waals surface area (Å²) in [5, 5.41) is 6.12. The van der Waals surface area contributed by atoms with Gasteiger partial charge in [-0.1, -0.05) is 0 Å². The van der Waals surface area contributed by atoms with Gasteiger partial charge >= 0.3 is 0 Å². The van der Waals surface area contributed by atoms with Crippen molar-refractivity contribution in [1.82, 2.24) is 10.6 Å². The molecule has 2 N–H and O–H groups in total. The van der Waals surface area contributed by atoms with Crippen LogP contribution in [0, 0.1) is 5.92 Å². The maximum atomic E-state index is 11.4. The molecule has 1 atom stereocenters. The summed E-state index contributed by atoms with van der Waals surface area (Å²) < 4.78 is 10.3. The number of nitrogens with one attached hydrogen (secondary N) is 2. The van der Waals surface area contributed by atoms with Crippen molar-refractivity contribution >= 4 is 5.91 Å². The zero-order valence-electron chi connectivity index (χ0n) is 10.7. The van der Waals surface area contributed by atoms with Gasteiger partial charge in [-0.25, -0.2) is 0 Å². The average Bonchev–Trinajstić information content (AvgIpc) is 2.36. The van der Waals surface area contributed by atoms with Crippen LogP contribution in [0.1, 0.15) is 19.3 Å². The number of hydrogen-bond acceptors (Lipinski definition) is 4. The predicted octanol–water partition coefficient (Wildman–Crippen LogP) is 0.155. The van der Waals surface area contributed by atoms with E-state index in [-0.39, 0.29) is 12.5 Å². The van der Waals surface area contributed by atoms with Gasteiger partial charge in [-0.05, 0) is 31.7 Å². The lowest BCUT2D eigenvalue weighted by Gasteiger charge is -2.22. The van der Waals surface area contributed by atoms with Gasteiger partial charge in [0.2, 0.25) is 5.91 Å². The highest BCUT2D eigenvalue weighted by Crippen LogP contribution is 2.09. The molecule has 100 valence electrons. The summed E-state index contributed by atoms with van der Waals surface area (Å²) in [5.41, 5.74) is 0. The van der Waals surface area contributed by atoms with Gasteiger partial charge in [0.15, 0.2) is 0 Å². The summed E-state index contributed by atoms with van der Waals surface area (Å²) in [6.45, 7) is 4.30. The van der Waals surface area contributed by atoms with Crippen molar-refractivity contribution in [2.45, 2.75) is 19.3 Å². The van der Waals surface area contributed by atoms with E-state index in [4.69, 9.17) is 9.47 Å². The molecule has 17 heavy (non-hydrogen) atoms. The number of carbonyl (C=O) groups excluding carboxylic acids is 1. The molecule has 1 fully saturated rings. The second-order valence-corrected chi connectivity index (χ2v) is 4.42. The molecule has 5 nitrogen and oxygen atoms in total. The molecular formula is C12H24N2O3. The van der Waals surface area contributed by atoms with E-state index in [0.717, 1.165) is 19.5 Å². The van der Waals surface area contributed by atoms with E-state index in [9.17, 15) is 4.79 Å². The Labute approximate surface area is 103 Å². The molecule has 0 radical (unpaired) electrons. The van der Waals surface area contributed by atoms with Gasteiger partial charge < -0.3 is 20.1 Å². The Balaban J connectivity index is 1.92. The molecule has 0 bridgehead atoms. The van der Waals surface area contributed by atoms with Crippen LogP contribution in [-0.4, -0.2) is 52.5 Å². The van der Waals surface area contributed by atoms with E-state index in [0.29, 0.717) is 25.7 Å². The Bertz CT molecular complexity index is 206. The number of ether oxygens (including phenoxy) is 2. The van der Waals surface area contributed by atoms with Crippen molar-refractivity contribution in [3.63, 3.8) is 0 Å². The smallest absolute Gasteiger partial charge is 0.245 e. The quantitative estimate of drug-likeness (QED) is 0.597. The van der Waals surface area contributed by atoms with Gasteiger partial charge in [-0.3, -0.25) is 4.79 Å². The molecule has 0 aromatic rings. The number of amides is 1. The minimum Gasteiger partial charge on any atom is -0.385 e. The zero-order valence-corrected chi connectivity index (χ0v) is 10.7. The van der Waals surface area contributed by atoms with Crippen molar-refractivity contribution < 1.29 is 14.3 Å². The maximum Gasteiger partial charge on any atom is 0.245 e. The fraction of sp³-hybridized carbons (Fsp3) is 0.917. The number of hydrogen-bond donors (Lipinski definition) is 2. The Morgan fingerprint density at radius 2 is 2.41 bits per heavy atom. The van der Waals surface area contributed by atoms with Gasteiger partial charge in [0, 0.05) is 26.8 Å². The Morgan fingerprint density at radius 1 is 1.53 bits per heavy atom. The second kappa shape index (κ2) is 9.39. The first kappa shape index (κ1) is 14.4. The fourth-order valence-electron chi connectivity index (χ4n) is 1.88. The highest BCUT2D eigenvalue weighted by Gasteiger charge is 2.13. The highest BCUT2D eigenvalue weighted by molar-refractivity contribution is 5.77. The third-order valence-electron chi connectivity index (χ3n) is 2.83. The lowest BCUT2D eigenvalue weighted by molar-refractivity contribution is -0.126. The average molecular weight is 244 g/mol. The zero-order chi connectivity index (χ0) is 12.3. The first-order chi connectivity index (χ1) is 8.33. The van der Waals surface area contributed by atoms with E-state index in [1.165, 1.54) is 12.8 Å². The third-order valence-corrected chi connectivity index (χ3v) is 2.83. The number of rotatable bonds is 8. The SMILES string of the molecule is COCCCNC(=O)COCC1CCCNC1. The van der Waals surface area contributed by atoms with Crippen molar-refractivity contribution in [1.29, 1.82) is 0 Å². The molecule has 5 heteroatoms. The molecule has 0 spiro atoms. The summed E-state index contributed by atoms with van der Waals surface area (Å²) in [7, 11) is 1.66. The van der Waals surface area contributed by atoms with Crippen LogP contribution in [0.2, 0.25) is 0 Å². The molecule has 1 aliphatic rings. The topological polar surface area (TPSA) is 59.6 Å². The molecule has 1 aliphatic heterocycles. The Morgan fingerprint density at radius 3 is 3.12 bits per heavy atom. The van der Waals surface area contributed by atoms with E-state index >= 15 is 0 Å². The molecule has 0 aromatic carbocycles. The van der Waals surface area contributed by atoms with Gasteiger partial charge in [0.1, 0.15) is 6.61 Å². The summed E-state index contributed by atoms with van der Waals surface area (Å²) >= 11 is 0. The van der Waals surface area contributed by atoms with Crippen LogP contribution in [0.15, 0.2) is 0 Å². The van der Waals surface area contributed by atoms with Crippen molar-refractivity contribution in [2.24, 2.45) is 5.92 Å². The van der Waals surface area contributed by atoms with Crippen molar-refractivity contribution in [3.05, 3.63) is 0 Å². The van der Waals surface area contributed by atoms with Gasteiger partial charge in [-0.15, -0.1) is 0 Å². The van der Waals surface area contributed by atoms with Crippen LogP contribution >= 0.6 is 0 Å². The minimum absolute atomic E-state index is 0.0372. The van der Waals surface area contributed by atoms with Crippen LogP contribution in [0.3, 0.4) is 0 Å². The maximum absolute atomic E-state index is 11.4. The van der Waals surface area contributed by atoms with E-state index < -0.39 is 0 Å². The minimum atomic E-state index is -0.0372. The fourth-order valence-corrected chi connectivity index (χ4v) is 1.88. The Kier molecular flexibility index (Phi) is 7.96. The van der Waals surface area contributed by atoms with Gasteiger partial charge in [0.25, 0.3) is 0 Å². The monoisotopic (exact) mass is 244 g/mol. The van der Waals surface area contributed by atoms with Crippen LogP contribution in [0.4, 0.5) is 0 Å². The summed E-state index contributed by atoms with van der Waals surface area (Å²) in [6, 6.07) is 0. The lowest BCUT2D eigenvalue weighted by atomic mass is 10.0. The molecular weight excluding hydrogens is 220 g/mol. The molecule has 1 unspecified atom stereocenters. The molecule has 0 aliphatic carbocycles. The first-order valence-corrected chi connectivity index (χ1v) is 6.37. The van der Waals surface area contributed by atoms with Crippen LogP contribution in [0.5, 0.6) is 0 Å². The predicted molar refractivity (Wildman–Crippen MR) is 65.9 cm³/mol. The molecule has 1 saturated heterocycles. The van der Waals surface area contributed by atoms with Crippen LogP contribution < -0.4 is 10.6 Å². The number of methoxy groups -OCH3 is 1. The van der Waals surface area contributed by atoms with Gasteiger partial charge in [0.05, 0.1) is 6.61 Å². The summed E-state index contributed by atoms with van der Waals surface area (Å²) in [4.78, 5) is 11.4. The Hall–Kier alpha value is -0.650. The third kappa shape index (κ3) is 7.31. The molecule has 0 aromatic heterocycles. The highest BCUT2D eigenvalue weighted by atomic mass is 16.5. The largest absolute Gasteiger partial charge is 0.385 e. The molecule has 1 rings (SSSR count). The van der Waals surface area contributed by atoms with Crippen molar-refractivity contribution in [3.8, 4) is 0 Å².